The molecule has 0 amide bonds. The van der Waals surface area contributed by atoms with Crippen LogP contribution in [0.5, 0.6) is 0 Å². The van der Waals surface area contributed by atoms with E-state index in [1.165, 1.54) is 0 Å². The fraction of sp³-hybridized carbons (Fsp3) is 0.0769. The van der Waals surface area contributed by atoms with Crippen LogP contribution in [-0.2, 0) is 0 Å². The third-order valence-electron chi connectivity index (χ3n) is 2.07. The first-order chi connectivity index (χ1) is 7.84. The summed E-state index contributed by atoms with van der Waals surface area (Å²) < 4.78 is 6.26. The highest BCUT2D eigenvalue weighted by Gasteiger charge is 1.91. The predicted molar refractivity (Wildman–Crippen MR) is 70.4 cm³/mol. The molecule has 0 aliphatic heterocycles. The van der Waals surface area contributed by atoms with Gasteiger partial charge < -0.3 is 9.73 Å². The monoisotopic (exact) mass is 277 g/mol. The van der Waals surface area contributed by atoms with E-state index in [-0.39, 0.29) is 0 Å². The van der Waals surface area contributed by atoms with E-state index in [0.717, 1.165) is 22.5 Å². The Labute approximate surface area is 103 Å². The molecule has 0 unspecified atom stereocenters. The van der Waals surface area contributed by atoms with E-state index in [9.17, 15) is 0 Å². The number of benzene rings is 1. The van der Waals surface area contributed by atoms with E-state index in [0.29, 0.717) is 0 Å². The van der Waals surface area contributed by atoms with Gasteiger partial charge in [-0.2, -0.15) is 0 Å². The number of nitrogens with one attached hydrogen (secondary N) is 1. The molecule has 0 saturated heterocycles. The first kappa shape index (κ1) is 11.0. The molecule has 1 heterocycles. The highest BCUT2D eigenvalue weighted by molar-refractivity contribution is 9.10. The van der Waals surface area contributed by atoms with Gasteiger partial charge in [-0.05, 0) is 36.4 Å². The molecule has 1 N–H and O–H groups in total. The summed E-state index contributed by atoms with van der Waals surface area (Å²) in [6.07, 6.45) is 5.64. The third-order valence-corrected chi connectivity index (χ3v) is 2.57. The van der Waals surface area contributed by atoms with Gasteiger partial charge in [0, 0.05) is 16.7 Å². The van der Waals surface area contributed by atoms with Gasteiger partial charge in [-0.3, -0.25) is 0 Å². The zero-order valence-electron chi connectivity index (χ0n) is 8.69. The zero-order chi connectivity index (χ0) is 11.2. The number of hydrogen-bond donors (Lipinski definition) is 1. The summed E-state index contributed by atoms with van der Waals surface area (Å²) in [6, 6.07) is 11.9. The minimum Gasteiger partial charge on any atom is -0.465 e. The second-order valence-electron chi connectivity index (χ2n) is 3.31. The van der Waals surface area contributed by atoms with Crippen LogP contribution in [0.3, 0.4) is 0 Å². The van der Waals surface area contributed by atoms with E-state index >= 15 is 0 Å². The van der Waals surface area contributed by atoms with Crippen LogP contribution in [0.1, 0.15) is 5.76 Å². The molecule has 2 nitrogen and oxygen atoms in total. The Hall–Kier alpha value is -1.48. The van der Waals surface area contributed by atoms with Gasteiger partial charge in [0.1, 0.15) is 5.76 Å². The number of rotatable bonds is 4. The van der Waals surface area contributed by atoms with Gasteiger partial charge in [-0.25, -0.2) is 0 Å². The van der Waals surface area contributed by atoms with Gasteiger partial charge in [-0.15, -0.1) is 0 Å². The van der Waals surface area contributed by atoms with Crippen LogP contribution in [-0.4, -0.2) is 6.54 Å². The lowest BCUT2D eigenvalue weighted by Gasteiger charge is -2.02. The maximum atomic E-state index is 5.18. The molecule has 0 bridgehead atoms. The molecule has 0 saturated carbocycles. The number of hydrogen-bond acceptors (Lipinski definition) is 2. The Morgan fingerprint density at radius 2 is 2.19 bits per heavy atom. The van der Waals surface area contributed by atoms with Crippen molar-refractivity contribution in [3.05, 3.63) is 59.0 Å². The first-order valence-electron chi connectivity index (χ1n) is 5.04. The number of halogens is 1. The molecule has 2 aromatic rings. The third kappa shape index (κ3) is 3.28. The van der Waals surface area contributed by atoms with Crippen molar-refractivity contribution >= 4 is 27.7 Å². The van der Waals surface area contributed by atoms with Gasteiger partial charge in [0.2, 0.25) is 0 Å². The van der Waals surface area contributed by atoms with Crippen molar-refractivity contribution in [1.82, 2.24) is 0 Å². The number of furan rings is 1. The molecule has 82 valence electrons. The summed E-state index contributed by atoms with van der Waals surface area (Å²) in [4.78, 5) is 0. The second kappa shape index (κ2) is 5.56. The van der Waals surface area contributed by atoms with Crippen molar-refractivity contribution in [2.24, 2.45) is 0 Å². The standard InChI is InChI=1S/C13H12BrNO/c14-11-4-1-5-12(10-11)15-8-2-6-13-7-3-9-16-13/h1-7,9-10,15H,8H2/b6-2+. The number of anilines is 1. The summed E-state index contributed by atoms with van der Waals surface area (Å²) in [6.45, 7) is 0.775. The van der Waals surface area contributed by atoms with E-state index in [4.69, 9.17) is 4.42 Å². The predicted octanol–water partition coefficient (Wildman–Crippen LogP) is 4.17. The van der Waals surface area contributed by atoms with Crippen LogP contribution in [0.15, 0.2) is 57.6 Å². The quantitative estimate of drug-likeness (QED) is 0.908. The molecule has 0 spiro atoms. The van der Waals surface area contributed by atoms with Gasteiger partial charge in [-0.1, -0.05) is 28.1 Å². The Balaban J connectivity index is 1.84. The molecule has 0 radical (unpaired) electrons. The Morgan fingerprint density at radius 1 is 1.25 bits per heavy atom. The summed E-state index contributed by atoms with van der Waals surface area (Å²) in [5, 5.41) is 3.29. The second-order valence-corrected chi connectivity index (χ2v) is 4.22. The summed E-state index contributed by atoms with van der Waals surface area (Å²) in [5.41, 5.74) is 1.10. The van der Waals surface area contributed by atoms with Crippen molar-refractivity contribution in [3.8, 4) is 0 Å². The Morgan fingerprint density at radius 3 is 2.94 bits per heavy atom. The van der Waals surface area contributed by atoms with Gasteiger partial charge >= 0.3 is 0 Å². The summed E-state index contributed by atoms with van der Waals surface area (Å²) in [7, 11) is 0. The molecular weight excluding hydrogens is 266 g/mol. The van der Waals surface area contributed by atoms with Crippen molar-refractivity contribution in [2.45, 2.75) is 0 Å². The van der Waals surface area contributed by atoms with E-state index in [2.05, 4.69) is 21.2 Å². The average Bonchev–Trinajstić information content (AvgIpc) is 2.77. The lowest BCUT2D eigenvalue weighted by Crippen LogP contribution is -1.97. The van der Waals surface area contributed by atoms with E-state index in [1.54, 1.807) is 6.26 Å². The van der Waals surface area contributed by atoms with Crippen molar-refractivity contribution in [3.63, 3.8) is 0 Å². The van der Waals surface area contributed by atoms with Gasteiger partial charge in [0.25, 0.3) is 0 Å². The van der Waals surface area contributed by atoms with E-state index in [1.807, 2.05) is 48.6 Å². The summed E-state index contributed by atoms with van der Waals surface area (Å²) in [5.74, 6) is 0.871. The highest BCUT2D eigenvalue weighted by Crippen LogP contribution is 2.15. The van der Waals surface area contributed by atoms with Crippen LogP contribution >= 0.6 is 15.9 Å². The first-order valence-corrected chi connectivity index (χ1v) is 5.83. The van der Waals surface area contributed by atoms with Crippen LogP contribution in [0.25, 0.3) is 6.08 Å². The Bertz CT molecular complexity index is 463. The molecule has 2 rings (SSSR count). The molecule has 3 heteroatoms. The molecule has 16 heavy (non-hydrogen) atoms. The summed E-state index contributed by atoms with van der Waals surface area (Å²) >= 11 is 3.43. The SMILES string of the molecule is Brc1cccc(NC/C=C/c2ccco2)c1. The smallest absolute Gasteiger partial charge is 0.126 e. The van der Waals surface area contributed by atoms with Gasteiger partial charge in [0.15, 0.2) is 0 Å². The molecule has 0 atom stereocenters. The van der Waals surface area contributed by atoms with Crippen LogP contribution in [0, 0.1) is 0 Å². The maximum Gasteiger partial charge on any atom is 0.126 e. The molecule has 0 aliphatic rings. The van der Waals surface area contributed by atoms with Crippen molar-refractivity contribution < 1.29 is 4.42 Å². The molecule has 1 aromatic heterocycles. The largest absolute Gasteiger partial charge is 0.465 e. The van der Waals surface area contributed by atoms with Crippen LogP contribution in [0.2, 0.25) is 0 Å². The average molecular weight is 278 g/mol. The fourth-order valence-corrected chi connectivity index (χ4v) is 1.74. The lowest BCUT2D eigenvalue weighted by atomic mass is 10.3. The van der Waals surface area contributed by atoms with Crippen LogP contribution in [0.4, 0.5) is 5.69 Å². The fourth-order valence-electron chi connectivity index (χ4n) is 1.34. The topological polar surface area (TPSA) is 25.2 Å². The zero-order valence-corrected chi connectivity index (χ0v) is 10.3. The molecule has 1 aromatic carbocycles. The molecule has 0 aliphatic carbocycles. The van der Waals surface area contributed by atoms with Gasteiger partial charge in [0.05, 0.1) is 6.26 Å². The molecule has 0 fully saturated rings. The van der Waals surface area contributed by atoms with Crippen molar-refractivity contribution in [1.29, 1.82) is 0 Å². The Kier molecular flexibility index (Phi) is 3.83. The van der Waals surface area contributed by atoms with Crippen LogP contribution < -0.4 is 5.32 Å². The highest BCUT2D eigenvalue weighted by atomic mass is 79.9. The van der Waals surface area contributed by atoms with E-state index < -0.39 is 0 Å². The van der Waals surface area contributed by atoms with Crippen molar-refractivity contribution in [2.75, 3.05) is 11.9 Å². The minimum absolute atomic E-state index is 0.775. The lowest BCUT2D eigenvalue weighted by molar-refractivity contribution is 0.557. The minimum atomic E-state index is 0.775. The molecular formula is C13H12BrNO. The normalized spacial score (nSPS) is 10.8. The maximum absolute atomic E-state index is 5.18.